The Morgan fingerprint density at radius 3 is 2.67 bits per heavy atom. The van der Waals surface area contributed by atoms with Gasteiger partial charge in [0.05, 0.1) is 0 Å². The molecule has 0 saturated carbocycles. The van der Waals surface area contributed by atoms with Crippen LogP contribution in [0.4, 0.5) is 0 Å². The first-order valence-corrected chi connectivity index (χ1v) is 6.64. The van der Waals surface area contributed by atoms with Crippen LogP contribution in [0.5, 0.6) is 0 Å². The first-order valence-electron chi connectivity index (χ1n) is 5.82. The predicted octanol–water partition coefficient (Wildman–Crippen LogP) is 2.41. The first kappa shape index (κ1) is 11.1. The number of aryl methyl sites for hydroxylation is 1. The molecule has 2 heterocycles. The van der Waals surface area contributed by atoms with Gasteiger partial charge in [-0.05, 0) is 25.5 Å². The molecule has 1 aliphatic rings. The van der Waals surface area contributed by atoms with Crippen LogP contribution in [-0.2, 0) is 0 Å². The van der Waals surface area contributed by atoms with E-state index in [1.54, 1.807) is 0 Å². The summed E-state index contributed by atoms with van der Waals surface area (Å²) in [6.07, 6.45) is 1.22. The molecule has 2 nitrogen and oxygen atoms in total. The fraction of sp³-hybridized carbons (Fsp3) is 0.667. The van der Waals surface area contributed by atoms with Crippen LogP contribution in [0.1, 0.15) is 29.1 Å². The van der Waals surface area contributed by atoms with E-state index in [0.29, 0.717) is 6.04 Å². The smallest absolute Gasteiger partial charge is 0.0440 e. The molecule has 2 rings (SSSR count). The van der Waals surface area contributed by atoms with Crippen molar-refractivity contribution in [2.45, 2.75) is 26.3 Å². The second-order valence-electron chi connectivity index (χ2n) is 4.16. The van der Waals surface area contributed by atoms with Gasteiger partial charge in [0.25, 0.3) is 0 Å². The molecular formula is C12H20N2S. The molecular weight excluding hydrogens is 204 g/mol. The third-order valence-corrected chi connectivity index (χ3v) is 4.17. The standard InChI is InChI=1S/C12H20N2S/c1-3-11(12-5-4-10(2)15-12)14-8-6-13-7-9-14/h4-5,11,13H,3,6-9H2,1-2H3/t11-/m1/s1. The van der Waals surface area contributed by atoms with E-state index in [1.807, 2.05) is 11.3 Å². The van der Waals surface area contributed by atoms with Crippen LogP contribution in [0.3, 0.4) is 0 Å². The lowest BCUT2D eigenvalue weighted by Crippen LogP contribution is -2.44. The van der Waals surface area contributed by atoms with E-state index >= 15 is 0 Å². The fourth-order valence-electron chi connectivity index (χ4n) is 2.27. The minimum atomic E-state index is 0.644. The van der Waals surface area contributed by atoms with Gasteiger partial charge in [0, 0.05) is 42.0 Å². The highest BCUT2D eigenvalue weighted by Crippen LogP contribution is 2.30. The Bertz CT molecular complexity index is 302. The zero-order valence-corrected chi connectivity index (χ0v) is 10.4. The summed E-state index contributed by atoms with van der Waals surface area (Å²) in [6.45, 7) is 9.15. The molecule has 1 saturated heterocycles. The van der Waals surface area contributed by atoms with E-state index in [9.17, 15) is 0 Å². The fourth-order valence-corrected chi connectivity index (χ4v) is 3.36. The molecule has 1 fully saturated rings. The molecule has 1 aliphatic heterocycles. The van der Waals surface area contributed by atoms with Crippen LogP contribution < -0.4 is 5.32 Å². The van der Waals surface area contributed by atoms with Gasteiger partial charge in [-0.3, -0.25) is 4.90 Å². The summed E-state index contributed by atoms with van der Waals surface area (Å²) in [5.41, 5.74) is 0. The van der Waals surface area contributed by atoms with Crippen molar-refractivity contribution >= 4 is 11.3 Å². The van der Waals surface area contributed by atoms with Gasteiger partial charge in [-0.15, -0.1) is 11.3 Å². The van der Waals surface area contributed by atoms with Crippen molar-refractivity contribution < 1.29 is 0 Å². The van der Waals surface area contributed by atoms with Gasteiger partial charge in [0.2, 0.25) is 0 Å². The number of hydrogen-bond donors (Lipinski definition) is 1. The Morgan fingerprint density at radius 2 is 2.13 bits per heavy atom. The van der Waals surface area contributed by atoms with E-state index in [0.717, 1.165) is 13.1 Å². The predicted molar refractivity (Wildman–Crippen MR) is 66.5 cm³/mol. The van der Waals surface area contributed by atoms with E-state index < -0.39 is 0 Å². The Morgan fingerprint density at radius 1 is 1.40 bits per heavy atom. The molecule has 1 aromatic heterocycles. The van der Waals surface area contributed by atoms with Crippen LogP contribution in [0, 0.1) is 6.92 Å². The van der Waals surface area contributed by atoms with Crippen molar-refractivity contribution in [1.82, 2.24) is 10.2 Å². The second kappa shape index (κ2) is 5.10. The van der Waals surface area contributed by atoms with E-state index in [-0.39, 0.29) is 0 Å². The van der Waals surface area contributed by atoms with Gasteiger partial charge in [-0.2, -0.15) is 0 Å². The molecule has 15 heavy (non-hydrogen) atoms. The molecule has 84 valence electrons. The summed E-state index contributed by atoms with van der Waals surface area (Å²) in [7, 11) is 0. The average Bonchev–Trinajstić information content (AvgIpc) is 2.68. The van der Waals surface area contributed by atoms with Crippen LogP contribution in [0.25, 0.3) is 0 Å². The van der Waals surface area contributed by atoms with Gasteiger partial charge in [-0.1, -0.05) is 6.92 Å². The summed E-state index contributed by atoms with van der Waals surface area (Å²) in [5.74, 6) is 0. The van der Waals surface area contributed by atoms with Gasteiger partial charge in [0.15, 0.2) is 0 Å². The monoisotopic (exact) mass is 224 g/mol. The van der Waals surface area contributed by atoms with E-state index in [2.05, 4.69) is 36.2 Å². The van der Waals surface area contributed by atoms with Crippen molar-refractivity contribution in [3.8, 4) is 0 Å². The van der Waals surface area contributed by atoms with Gasteiger partial charge >= 0.3 is 0 Å². The zero-order chi connectivity index (χ0) is 10.7. The van der Waals surface area contributed by atoms with Crippen molar-refractivity contribution in [3.05, 3.63) is 21.9 Å². The molecule has 3 heteroatoms. The zero-order valence-electron chi connectivity index (χ0n) is 9.62. The molecule has 1 N–H and O–H groups in total. The average molecular weight is 224 g/mol. The normalized spacial score (nSPS) is 20.4. The molecule has 1 atom stereocenters. The number of nitrogens with zero attached hydrogens (tertiary/aromatic N) is 1. The maximum atomic E-state index is 3.41. The Balaban J connectivity index is 2.08. The lowest BCUT2D eigenvalue weighted by atomic mass is 10.1. The number of hydrogen-bond acceptors (Lipinski definition) is 3. The molecule has 0 unspecified atom stereocenters. The molecule has 0 aliphatic carbocycles. The summed E-state index contributed by atoms with van der Waals surface area (Å²) in [6, 6.07) is 5.19. The lowest BCUT2D eigenvalue weighted by molar-refractivity contribution is 0.172. The highest BCUT2D eigenvalue weighted by Gasteiger charge is 2.21. The SMILES string of the molecule is CC[C@H](c1ccc(C)s1)N1CCNCC1. The molecule has 0 radical (unpaired) electrons. The molecule has 1 aromatic rings. The highest BCUT2D eigenvalue weighted by molar-refractivity contribution is 7.12. The van der Waals surface area contributed by atoms with Crippen molar-refractivity contribution in [1.29, 1.82) is 0 Å². The van der Waals surface area contributed by atoms with Crippen LogP contribution in [-0.4, -0.2) is 31.1 Å². The number of piperazine rings is 1. The third kappa shape index (κ3) is 2.60. The molecule has 0 aromatic carbocycles. The minimum absolute atomic E-state index is 0.644. The first-order chi connectivity index (χ1) is 7.31. The van der Waals surface area contributed by atoms with Crippen molar-refractivity contribution in [2.75, 3.05) is 26.2 Å². The lowest BCUT2D eigenvalue weighted by Gasteiger charge is -2.33. The summed E-state index contributed by atoms with van der Waals surface area (Å²) < 4.78 is 0. The summed E-state index contributed by atoms with van der Waals surface area (Å²) in [5, 5.41) is 3.41. The van der Waals surface area contributed by atoms with E-state index in [1.165, 1.54) is 29.3 Å². The van der Waals surface area contributed by atoms with Gasteiger partial charge in [-0.25, -0.2) is 0 Å². The molecule has 0 amide bonds. The summed E-state index contributed by atoms with van der Waals surface area (Å²) in [4.78, 5) is 5.58. The molecule has 0 bridgehead atoms. The van der Waals surface area contributed by atoms with E-state index in [4.69, 9.17) is 0 Å². The van der Waals surface area contributed by atoms with Gasteiger partial charge in [0.1, 0.15) is 0 Å². The van der Waals surface area contributed by atoms with Crippen LogP contribution in [0.2, 0.25) is 0 Å². The largest absolute Gasteiger partial charge is 0.314 e. The highest BCUT2D eigenvalue weighted by atomic mass is 32.1. The third-order valence-electron chi connectivity index (χ3n) is 3.07. The Labute approximate surface area is 96.3 Å². The van der Waals surface area contributed by atoms with Crippen LogP contribution in [0.15, 0.2) is 12.1 Å². The molecule has 0 spiro atoms. The quantitative estimate of drug-likeness (QED) is 0.848. The van der Waals surface area contributed by atoms with Crippen molar-refractivity contribution in [2.24, 2.45) is 0 Å². The summed E-state index contributed by atoms with van der Waals surface area (Å²) >= 11 is 1.95. The second-order valence-corrected chi connectivity index (χ2v) is 5.48. The topological polar surface area (TPSA) is 15.3 Å². The Kier molecular flexibility index (Phi) is 3.78. The number of rotatable bonds is 3. The van der Waals surface area contributed by atoms with Crippen molar-refractivity contribution in [3.63, 3.8) is 0 Å². The maximum Gasteiger partial charge on any atom is 0.0440 e. The minimum Gasteiger partial charge on any atom is -0.314 e. The maximum absolute atomic E-state index is 3.41. The number of nitrogens with one attached hydrogen (secondary N) is 1. The Hall–Kier alpha value is -0.380. The van der Waals surface area contributed by atoms with Crippen LogP contribution >= 0.6 is 11.3 Å². The number of thiophene rings is 1. The van der Waals surface area contributed by atoms with Gasteiger partial charge < -0.3 is 5.32 Å².